The van der Waals surface area contributed by atoms with Crippen LogP contribution in [-0.2, 0) is 0 Å². The van der Waals surface area contributed by atoms with Gasteiger partial charge in [-0.25, -0.2) is 0 Å². The maximum absolute atomic E-state index is 4.28. The van der Waals surface area contributed by atoms with E-state index in [-0.39, 0.29) is 11.0 Å². The normalized spacial score (nSPS) is 16.1. The van der Waals surface area contributed by atoms with Crippen LogP contribution in [0.25, 0.3) is 0 Å². The summed E-state index contributed by atoms with van der Waals surface area (Å²) in [7, 11) is 0. The molecule has 0 atom stereocenters. The Morgan fingerprint density at radius 2 is 0.694 bits per heavy atom. The van der Waals surface area contributed by atoms with Gasteiger partial charge in [-0.15, -0.1) is 0 Å². The second-order valence-electron chi connectivity index (χ2n) is 16.8. The molecule has 0 aromatic heterocycles. The predicted molar refractivity (Wildman–Crippen MR) is 223 cm³/mol. The van der Waals surface area contributed by atoms with Crippen LogP contribution in [0, 0.1) is 5.41 Å². The van der Waals surface area contributed by atoms with Crippen molar-refractivity contribution in [3.8, 4) is 0 Å². The fraction of sp³-hybridized carbons (Fsp3) is 0.875. The Kier molecular flexibility index (Phi) is 26.7. The van der Waals surface area contributed by atoms with Crippen LogP contribution in [0.4, 0.5) is 0 Å². The summed E-state index contributed by atoms with van der Waals surface area (Å²) in [5.41, 5.74) is 3.64. The fourth-order valence-electron chi connectivity index (χ4n) is 8.94. The number of allylic oxidation sites excluding steroid dienone is 4. The lowest BCUT2D eigenvalue weighted by Gasteiger charge is -2.35. The standard InChI is InChI=1S/C48H89N/c1-5-9-13-17-21-25-29-33-39-47(40-34-30-26-22-18-14-10-6-2)41-37-38-46-45(47)44-48(49-46,42-35-31-27-23-19-15-11-7-3)43-36-32-28-24-20-16-12-8-4/h37-38,41,44,49H,5-36,39-40,42-43H2,1-4H3. The van der Waals surface area contributed by atoms with Crippen molar-refractivity contribution < 1.29 is 0 Å². The third-order valence-electron chi connectivity index (χ3n) is 12.2. The third kappa shape index (κ3) is 19.4. The van der Waals surface area contributed by atoms with Crippen molar-refractivity contribution in [2.24, 2.45) is 5.41 Å². The highest BCUT2D eigenvalue weighted by Crippen LogP contribution is 2.50. The molecule has 286 valence electrons. The van der Waals surface area contributed by atoms with Crippen LogP contribution < -0.4 is 5.32 Å². The van der Waals surface area contributed by atoms with Gasteiger partial charge in [-0.2, -0.15) is 0 Å². The van der Waals surface area contributed by atoms with Crippen LogP contribution in [0.3, 0.4) is 0 Å². The molecule has 0 fully saturated rings. The van der Waals surface area contributed by atoms with Gasteiger partial charge in [-0.05, 0) is 37.3 Å². The Hall–Kier alpha value is -0.980. The molecule has 0 amide bonds. The van der Waals surface area contributed by atoms with Crippen LogP contribution in [0.2, 0.25) is 0 Å². The first-order valence-corrected chi connectivity index (χ1v) is 23.1. The summed E-state index contributed by atoms with van der Waals surface area (Å²) in [5.74, 6) is 0. The van der Waals surface area contributed by atoms with E-state index in [0.29, 0.717) is 0 Å². The van der Waals surface area contributed by atoms with Gasteiger partial charge in [0.05, 0.1) is 5.54 Å². The largest absolute Gasteiger partial charge is 0.376 e. The lowest BCUT2D eigenvalue weighted by Crippen LogP contribution is -2.39. The van der Waals surface area contributed by atoms with Crippen molar-refractivity contribution in [3.05, 3.63) is 35.6 Å². The van der Waals surface area contributed by atoms with E-state index in [0.717, 1.165) is 0 Å². The third-order valence-corrected chi connectivity index (χ3v) is 12.2. The molecule has 1 aliphatic heterocycles. The summed E-state index contributed by atoms with van der Waals surface area (Å²) < 4.78 is 0. The lowest BCUT2D eigenvalue weighted by molar-refractivity contribution is 0.352. The van der Waals surface area contributed by atoms with Gasteiger partial charge < -0.3 is 5.32 Å². The van der Waals surface area contributed by atoms with E-state index in [2.05, 4.69) is 57.3 Å². The predicted octanol–water partition coefficient (Wildman–Crippen LogP) is 16.8. The maximum atomic E-state index is 4.28. The first-order valence-electron chi connectivity index (χ1n) is 23.1. The highest BCUT2D eigenvalue weighted by atomic mass is 15.0. The van der Waals surface area contributed by atoms with E-state index in [4.69, 9.17) is 0 Å². The van der Waals surface area contributed by atoms with E-state index in [9.17, 15) is 0 Å². The number of nitrogens with one attached hydrogen (secondary N) is 1. The smallest absolute Gasteiger partial charge is 0.0563 e. The van der Waals surface area contributed by atoms with Crippen molar-refractivity contribution >= 4 is 0 Å². The highest BCUT2D eigenvalue weighted by Gasteiger charge is 2.43. The summed E-state index contributed by atoms with van der Waals surface area (Å²) in [4.78, 5) is 0. The van der Waals surface area contributed by atoms with Crippen LogP contribution >= 0.6 is 0 Å². The molecule has 1 aliphatic carbocycles. The number of unbranched alkanes of at least 4 members (excludes halogenated alkanes) is 28. The van der Waals surface area contributed by atoms with E-state index < -0.39 is 0 Å². The molecule has 1 heteroatoms. The Balaban J connectivity index is 2.09. The van der Waals surface area contributed by atoms with E-state index >= 15 is 0 Å². The Labute approximate surface area is 309 Å². The molecule has 0 aromatic rings. The molecule has 0 aromatic carbocycles. The first-order chi connectivity index (χ1) is 24.2. The van der Waals surface area contributed by atoms with E-state index in [1.165, 1.54) is 237 Å². The average molecular weight is 680 g/mol. The second-order valence-corrected chi connectivity index (χ2v) is 16.8. The summed E-state index contributed by atoms with van der Waals surface area (Å²) in [6.45, 7) is 9.33. The summed E-state index contributed by atoms with van der Waals surface area (Å²) in [6.07, 6.45) is 61.1. The monoisotopic (exact) mass is 680 g/mol. The number of hydrogen-bond acceptors (Lipinski definition) is 1. The van der Waals surface area contributed by atoms with Crippen molar-refractivity contribution in [1.82, 2.24) is 5.32 Å². The van der Waals surface area contributed by atoms with Gasteiger partial charge in [-0.1, -0.05) is 251 Å². The number of fused-ring (bicyclic) bond motifs is 1. The lowest BCUT2D eigenvalue weighted by atomic mass is 9.69. The Bertz CT molecular complexity index is 805. The molecule has 49 heavy (non-hydrogen) atoms. The molecule has 1 heterocycles. The van der Waals surface area contributed by atoms with Crippen molar-refractivity contribution in [2.45, 2.75) is 264 Å². The first kappa shape index (κ1) is 44.2. The molecule has 0 bridgehead atoms. The van der Waals surface area contributed by atoms with Crippen molar-refractivity contribution in [2.75, 3.05) is 0 Å². The quantitative estimate of drug-likeness (QED) is 0.0650. The van der Waals surface area contributed by atoms with Gasteiger partial charge >= 0.3 is 0 Å². The zero-order valence-corrected chi connectivity index (χ0v) is 34.3. The molecule has 0 radical (unpaired) electrons. The minimum Gasteiger partial charge on any atom is -0.376 e. The van der Waals surface area contributed by atoms with Gasteiger partial charge in [0.15, 0.2) is 0 Å². The fourth-order valence-corrected chi connectivity index (χ4v) is 8.94. The summed E-state index contributed by atoms with van der Waals surface area (Å²) in [6, 6.07) is 0. The van der Waals surface area contributed by atoms with Gasteiger partial charge in [0, 0.05) is 11.1 Å². The summed E-state index contributed by atoms with van der Waals surface area (Å²) >= 11 is 0. The van der Waals surface area contributed by atoms with Crippen molar-refractivity contribution in [1.29, 1.82) is 0 Å². The zero-order chi connectivity index (χ0) is 35.1. The SMILES string of the molecule is CCCCCCCCCCC1(CCCCCCCCCC)C=C2C(=CC=CC2(CCCCCCCCCC)CCCCCCCCCC)N1. The van der Waals surface area contributed by atoms with Gasteiger partial charge in [0.2, 0.25) is 0 Å². The van der Waals surface area contributed by atoms with Crippen LogP contribution in [-0.4, -0.2) is 5.54 Å². The highest BCUT2D eigenvalue weighted by molar-refractivity contribution is 5.51. The zero-order valence-electron chi connectivity index (χ0n) is 34.3. The Morgan fingerprint density at radius 3 is 1.04 bits per heavy atom. The summed E-state index contributed by atoms with van der Waals surface area (Å²) in [5, 5.41) is 4.28. The molecule has 1 N–H and O–H groups in total. The molecule has 0 unspecified atom stereocenters. The average Bonchev–Trinajstić information content (AvgIpc) is 3.49. The van der Waals surface area contributed by atoms with E-state index in [1.807, 2.05) is 0 Å². The van der Waals surface area contributed by atoms with Gasteiger partial charge in [0.25, 0.3) is 0 Å². The molecule has 2 rings (SSSR count). The second kappa shape index (κ2) is 29.6. The molecule has 0 saturated heterocycles. The minimum atomic E-state index is 0.182. The molecule has 0 saturated carbocycles. The molecule has 2 aliphatic rings. The van der Waals surface area contributed by atoms with Crippen LogP contribution in [0.15, 0.2) is 35.6 Å². The minimum absolute atomic E-state index is 0.182. The van der Waals surface area contributed by atoms with E-state index in [1.54, 1.807) is 5.57 Å². The molecular formula is C48H89N. The van der Waals surface area contributed by atoms with Crippen LogP contribution in [0.5, 0.6) is 0 Å². The van der Waals surface area contributed by atoms with Crippen LogP contribution in [0.1, 0.15) is 259 Å². The molecule has 0 spiro atoms. The molecule has 1 nitrogen and oxygen atoms in total. The molecular weight excluding hydrogens is 591 g/mol. The van der Waals surface area contributed by atoms with Crippen molar-refractivity contribution in [3.63, 3.8) is 0 Å². The Morgan fingerprint density at radius 1 is 0.388 bits per heavy atom. The van der Waals surface area contributed by atoms with Gasteiger partial charge in [0.1, 0.15) is 0 Å². The van der Waals surface area contributed by atoms with Gasteiger partial charge in [-0.3, -0.25) is 0 Å². The maximum Gasteiger partial charge on any atom is 0.0563 e. The topological polar surface area (TPSA) is 12.0 Å². The number of rotatable bonds is 36. The number of hydrogen-bond donors (Lipinski definition) is 1.